The van der Waals surface area contributed by atoms with Crippen molar-refractivity contribution in [1.82, 2.24) is 36.4 Å². The Bertz CT molecular complexity index is 2130. The van der Waals surface area contributed by atoms with E-state index in [0.717, 1.165) is 6.92 Å². The van der Waals surface area contributed by atoms with Crippen LogP contribution in [0.4, 0.5) is 0 Å². The van der Waals surface area contributed by atoms with Gasteiger partial charge in [-0.15, -0.1) is 0 Å². The molecule has 0 spiro atoms. The van der Waals surface area contributed by atoms with Gasteiger partial charge in [-0.05, 0) is 68.8 Å². The van der Waals surface area contributed by atoms with Crippen molar-refractivity contribution in [3.05, 3.63) is 35.9 Å². The molecule has 18 N–H and O–H groups in total. The Morgan fingerprint density at radius 3 is 1.62 bits per heavy atom. The Labute approximate surface area is 424 Å². The van der Waals surface area contributed by atoms with Crippen molar-refractivity contribution < 1.29 is 57.8 Å². The van der Waals surface area contributed by atoms with Gasteiger partial charge in [0.05, 0.1) is 12.5 Å². The Balaban J connectivity index is 0.00000439. The van der Waals surface area contributed by atoms with Gasteiger partial charge in [-0.25, -0.2) is 0 Å². The molecular weight excluding hydrogens is 953 g/mol. The first-order valence-electron chi connectivity index (χ1n) is 24.3. The molecule has 8 atom stereocenters. The van der Waals surface area contributed by atoms with Crippen LogP contribution in [0.5, 0.6) is 0 Å². The fourth-order valence-corrected chi connectivity index (χ4v) is 8.14. The summed E-state index contributed by atoms with van der Waals surface area (Å²) in [6.45, 7) is 8.64. The molecular formula is C47H76N14O12. The van der Waals surface area contributed by atoms with Crippen LogP contribution >= 0.6 is 0 Å². The van der Waals surface area contributed by atoms with E-state index in [0.29, 0.717) is 18.4 Å². The lowest BCUT2D eigenvalue weighted by atomic mass is 10.0. The zero-order valence-corrected chi connectivity index (χ0v) is 42.3. The average molecular weight is 1030 g/mol. The number of aliphatic imine (C=N–C) groups is 1. The van der Waals surface area contributed by atoms with Gasteiger partial charge in [0.15, 0.2) is 5.96 Å². The molecule has 0 saturated carbocycles. The molecule has 2 saturated heterocycles. The van der Waals surface area contributed by atoms with Crippen molar-refractivity contribution in [2.75, 3.05) is 19.6 Å². The topological polar surface area (TPSA) is 443 Å². The molecule has 0 unspecified atom stereocenters. The highest BCUT2D eigenvalue weighted by Gasteiger charge is 2.42. The molecule has 0 radical (unpaired) electrons. The molecule has 26 heteroatoms. The van der Waals surface area contributed by atoms with E-state index < -0.39 is 120 Å². The smallest absolute Gasteiger partial charge is 0.300 e. The second-order valence-corrected chi connectivity index (χ2v) is 18.8. The van der Waals surface area contributed by atoms with Crippen LogP contribution in [-0.4, -0.2) is 154 Å². The zero-order chi connectivity index (χ0) is 55.1. The molecule has 2 aliphatic heterocycles. The number of likely N-dealkylation sites (tertiary alicyclic amines) is 2. The van der Waals surface area contributed by atoms with E-state index in [1.54, 1.807) is 58.0 Å². The second-order valence-electron chi connectivity index (χ2n) is 18.8. The predicted molar refractivity (Wildman–Crippen MR) is 266 cm³/mol. The molecule has 1 aromatic carbocycles. The third kappa shape index (κ3) is 21.5. The number of carbonyl (C=O) groups is 11. The minimum Gasteiger partial charge on any atom is -0.481 e. The van der Waals surface area contributed by atoms with Gasteiger partial charge in [0, 0.05) is 39.4 Å². The van der Waals surface area contributed by atoms with Crippen LogP contribution in [-0.2, 0) is 59.2 Å². The van der Waals surface area contributed by atoms with E-state index in [-0.39, 0.29) is 88.8 Å². The number of primary amides is 3. The maximum absolute atomic E-state index is 14.4. The second kappa shape index (κ2) is 30.5. The molecule has 406 valence electrons. The fraction of sp³-hybridized carbons (Fsp3) is 0.617. The maximum atomic E-state index is 14.4. The van der Waals surface area contributed by atoms with Crippen LogP contribution in [0, 0.1) is 11.8 Å². The minimum absolute atomic E-state index is 0.0365. The summed E-state index contributed by atoms with van der Waals surface area (Å²) >= 11 is 0. The lowest BCUT2D eigenvalue weighted by molar-refractivity contribution is -0.143. The Hall–Kier alpha value is -7.38. The number of nitrogens with zero attached hydrogens (tertiary/aromatic N) is 3. The SMILES string of the molecule is CC(=O)O.CC(C)C[C@H](NC(=O)[C@H](CC(N)=O)NC(=O)[C@@H]1CCCN1C(=O)[C@@H](N)C(C)C)C(=O)N1CCC[C@H]1C(=O)N[C@@H](CCC(N)=O)C(=O)N[C@@H](CCCN=C(N)N)C(=O)N[C@@H](Cc1ccccc1)C(N)=O. The Morgan fingerprint density at radius 2 is 1.14 bits per heavy atom. The number of amides is 10. The highest BCUT2D eigenvalue weighted by atomic mass is 16.4. The molecule has 73 heavy (non-hydrogen) atoms. The number of nitrogens with two attached hydrogens (primary N) is 6. The van der Waals surface area contributed by atoms with Crippen LogP contribution in [0.15, 0.2) is 35.3 Å². The maximum Gasteiger partial charge on any atom is 0.300 e. The van der Waals surface area contributed by atoms with E-state index >= 15 is 0 Å². The quantitative estimate of drug-likeness (QED) is 0.0231. The molecule has 26 nitrogen and oxygen atoms in total. The molecule has 2 aliphatic rings. The summed E-state index contributed by atoms with van der Waals surface area (Å²) in [5.41, 5.74) is 34.3. The van der Waals surface area contributed by atoms with Gasteiger partial charge in [0.25, 0.3) is 5.97 Å². The van der Waals surface area contributed by atoms with Gasteiger partial charge in [0.2, 0.25) is 59.1 Å². The lowest BCUT2D eigenvalue weighted by Crippen LogP contribution is -2.60. The van der Waals surface area contributed by atoms with E-state index in [1.165, 1.54) is 9.80 Å². The Morgan fingerprint density at radius 1 is 0.658 bits per heavy atom. The molecule has 10 amide bonds. The summed E-state index contributed by atoms with van der Waals surface area (Å²) in [6, 6.07) is -0.942. The normalized spacial score (nSPS) is 17.5. The van der Waals surface area contributed by atoms with Gasteiger partial charge in [-0.1, -0.05) is 58.0 Å². The highest BCUT2D eigenvalue weighted by Crippen LogP contribution is 2.23. The number of carbonyl (C=O) groups excluding carboxylic acids is 10. The third-order valence-electron chi connectivity index (χ3n) is 11.9. The van der Waals surface area contributed by atoms with Crippen molar-refractivity contribution in [1.29, 1.82) is 0 Å². The van der Waals surface area contributed by atoms with Crippen molar-refractivity contribution in [3.63, 3.8) is 0 Å². The first-order chi connectivity index (χ1) is 34.2. The van der Waals surface area contributed by atoms with Gasteiger partial charge in [0.1, 0.15) is 42.3 Å². The molecule has 2 heterocycles. The van der Waals surface area contributed by atoms with E-state index in [4.69, 9.17) is 44.3 Å². The highest BCUT2D eigenvalue weighted by molar-refractivity contribution is 5.99. The summed E-state index contributed by atoms with van der Waals surface area (Å²) in [6.07, 6.45) is 0.262. The molecule has 3 rings (SSSR count). The first kappa shape index (κ1) is 61.7. The van der Waals surface area contributed by atoms with Gasteiger partial charge < -0.3 is 75.9 Å². The van der Waals surface area contributed by atoms with Crippen LogP contribution in [0.3, 0.4) is 0 Å². The van der Waals surface area contributed by atoms with E-state index in [1.807, 2.05) is 0 Å². The van der Waals surface area contributed by atoms with Crippen molar-refractivity contribution in [2.24, 2.45) is 51.2 Å². The minimum atomic E-state index is -1.53. The van der Waals surface area contributed by atoms with Gasteiger partial charge in [-0.3, -0.25) is 57.7 Å². The van der Waals surface area contributed by atoms with Crippen molar-refractivity contribution in [2.45, 2.75) is 154 Å². The predicted octanol–water partition coefficient (Wildman–Crippen LogP) is -3.56. The number of benzene rings is 1. The summed E-state index contributed by atoms with van der Waals surface area (Å²) in [4.78, 5) is 149. The third-order valence-corrected chi connectivity index (χ3v) is 11.9. The number of nitrogens with one attached hydrogen (secondary N) is 5. The van der Waals surface area contributed by atoms with Crippen LogP contribution < -0.4 is 61.0 Å². The van der Waals surface area contributed by atoms with Crippen LogP contribution in [0.2, 0.25) is 0 Å². The largest absolute Gasteiger partial charge is 0.481 e. The molecule has 2 fully saturated rings. The summed E-state index contributed by atoms with van der Waals surface area (Å²) in [5.74, 6) is -9.13. The lowest BCUT2D eigenvalue weighted by Gasteiger charge is -2.32. The van der Waals surface area contributed by atoms with E-state index in [2.05, 4.69) is 31.6 Å². The number of guanidine groups is 1. The van der Waals surface area contributed by atoms with Gasteiger partial charge in [-0.2, -0.15) is 0 Å². The standard InChI is InChI=1S/C45H72N14O10.C2H4O2/c1-24(2)21-31(57-40(65)30(23-35(47)61)56-42(67)33-15-10-20-59(33)44(69)36(48)25(3)4)43(68)58-19-9-14-32(58)41(66)54-28(16-17-34(46)60)39(64)53-27(13-8-18-52-45(50)51)38(63)55-29(37(49)62)22-26-11-6-5-7-12-26;1-2(3)4/h5-7,11-12,24-25,27-33,36H,8-10,13-23,48H2,1-4H3,(H2,46,60)(H2,47,61)(H2,49,62)(H,53,64)(H,54,66)(H,55,63)(H,56,67)(H,57,65)(H4,50,51,52);1H3,(H,3,4)/t27-,28-,29-,30-,31-,32-,33-,36-;/m0./s1. The average Bonchev–Trinajstić information content (AvgIpc) is 4.01. The van der Waals surface area contributed by atoms with Gasteiger partial charge >= 0.3 is 0 Å². The van der Waals surface area contributed by atoms with Crippen LogP contribution in [0.25, 0.3) is 0 Å². The fourth-order valence-electron chi connectivity index (χ4n) is 8.14. The van der Waals surface area contributed by atoms with Crippen molar-refractivity contribution in [3.8, 4) is 0 Å². The summed E-state index contributed by atoms with van der Waals surface area (Å²) in [7, 11) is 0. The molecule has 0 bridgehead atoms. The number of hydrogen-bond donors (Lipinski definition) is 12. The van der Waals surface area contributed by atoms with Crippen LogP contribution in [0.1, 0.15) is 104 Å². The Kier molecular flexibility index (Phi) is 25.8. The van der Waals surface area contributed by atoms with Crippen molar-refractivity contribution >= 4 is 71.0 Å². The monoisotopic (exact) mass is 1030 g/mol. The first-order valence-corrected chi connectivity index (χ1v) is 24.3. The molecule has 0 aliphatic carbocycles. The number of carboxylic acid groups (broad SMARTS) is 1. The number of rotatable bonds is 27. The molecule has 0 aromatic heterocycles. The molecule has 1 aromatic rings. The summed E-state index contributed by atoms with van der Waals surface area (Å²) in [5, 5.41) is 20.4. The number of hydrogen-bond acceptors (Lipinski definition) is 13. The summed E-state index contributed by atoms with van der Waals surface area (Å²) < 4.78 is 0. The number of aliphatic carboxylic acids is 1. The number of carboxylic acids is 1. The van der Waals surface area contributed by atoms with E-state index in [9.17, 15) is 47.9 Å². The zero-order valence-electron chi connectivity index (χ0n) is 42.3.